The molecule has 9 heteroatoms. The molecule has 182 valence electrons. The first-order valence-electron chi connectivity index (χ1n) is 10.7. The molecule has 4 rings (SSSR count). The summed E-state index contributed by atoms with van der Waals surface area (Å²) >= 11 is 1.47. The number of aliphatic hydroxyl groups is 1. The summed E-state index contributed by atoms with van der Waals surface area (Å²) in [5.41, 5.74) is 0.581. The molecule has 8 nitrogen and oxygen atoms in total. The number of carbonyl (C=O) groups is 2. The lowest BCUT2D eigenvalue weighted by atomic mass is 9.93. The smallest absolute Gasteiger partial charge is 0.295 e. The van der Waals surface area contributed by atoms with Crippen molar-refractivity contribution in [3.8, 4) is 23.0 Å². The number of ether oxygens (including phenoxy) is 4. The van der Waals surface area contributed by atoms with Crippen molar-refractivity contribution in [3.05, 3.63) is 75.5 Å². The predicted molar refractivity (Wildman–Crippen MR) is 131 cm³/mol. The van der Waals surface area contributed by atoms with Crippen LogP contribution in [0.5, 0.6) is 23.0 Å². The number of amides is 1. The van der Waals surface area contributed by atoms with E-state index in [1.807, 2.05) is 17.5 Å². The maximum Gasteiger partial charge on any atom is 0.295 e. The summed E-state index contributed by atoms with van der Waals surface area (Å²) in [6, 6.07) is 13.0. The van der Waals surface area contributed by atoms with E-state index in [1.165, 1.54) is 44.7 Å². The Bertz CT molecular complexity index is 1260. The zero-order chi connectivity index (χ0) is 25.1. The minimum absolute atomic E-state index is 0.0964. The lowest BCUT2D eigenvalue weighted by Crippen LogP contribution is -2.29. The highest BCUT2D eigenvalue weighted by Gasteiger charge is 2.48. The van der Waals surface area contributed by atoms with Crippen molar-refractivity contribution in [2.45, 2.75) is 12.6 Å². The minimum atomic E-state index is -0.947. The topological polar surface area (TPSA) is 94.5 Å². The van der Waals surface area contributed by atoms with Crippen LogP contribution in [0.1, 0.15) is 22.0 Å². The van der Waals surface area contributed by atoms with Crippen molar-refractivity contribution < 1.29 is 33.6 Å². The Kier molecular flexibility index (Phi) is 6.97. The molecule has 0 spiro atoms. The highest BCUT2D eigenvalue weighted by atomic mass is 32.1. The van der Waals surface area contributed by atoms with Gasteiger partial charge in [-0.15, -0.1) is 11.3 Å². The van der Waals surface area contributed by atoms with Crippen molar-refractivity contribution >= 4 is 28.8 Å². The van der Waals surface area contributed by atoms with Crippen LogP contribution in [0.2, 0.25) is 0 Å². The van der Waals surface area contributed by atoms with Gasteiger partial charge in [0.05, 0.1) is 46.6 Å². The first-order chi connectivity index (χ1) is 17.0. The van der Waals surface area contributed by atoms with Crippen LogP contribution in [0.3, 0.4) is 0 Å². The minimum Gasteiger partial charge on any atom is -0.506 e. The number of methoxy groups -OCH3 is 4. The third kappa shape index (κ3) is 4.19. The number of hydrogen-bond donors (Lipinski definition) is 1. The molecule has 2 aromatic carbocycles. The highest BCUT2D eigenvalue weighted by molar-refractivity contribution is 7.09. The Morgan fingerprint density at radius 1 is 0.886 bits per heavy atom. The third-order valence-corrected chi connectivity index (χ3v) is 6.70. The van der Waals surface area contributed by atoms with Crippen LogP contribution in [0.25, 0.3) is 5.76 Å². The van der Waals surface area contributed by atoms with E-state index in [0.717, 1.165) is 4.88 Å². The number of nitrogens with zero attached hydrogens (tertiary/aromatic N) is 1. The van der Waals surface area contributed by atoms with Crippen LogP contribution in [0, 0.1) is 0 Å². The molecule has 0 radical (unpaired) electrons. The highest BCUT2D eigenvalue weighted by Crippen LogP contribution is 2.48. The molecule has 1 amide bonds. The van der Waals surface area contributed by atoms with Crippen LogP contribution >= 0.6 is 11.3 Å². The monoisotopic (exact) mass is 495 g/mol. The van der Waals surface area contributed by atoms with Gasteiger partial charge in [0, 0.05) is 10.4 Å². The van der Waals surface area contributed by atoms with Crippen molar-refractivity contribution in [1.29, 1.82) is 0 Å². The molecule has 2 heterocycles. The molecule has 0 saturated carbocycles. The van der Waals surface area contributed by atoms with Crippen LogP contribution in [-0.2, 0) is 16.1 Å². The lowest BCUT2D eigenvalue weighted by molar-refractivity contribution is -0.140. The van der Waals surface area contributed by atoms with Gasteiger partial charge in [0.2, 0.25) is 0 Å². The van der Waals surface area contributed by atoms with Crippen molar-refractivity contribution in [3.63, 3.8) is 0 Å². The maximum atomic E-state index is 13.4. The van der Waals surface area contributed by atoms with Crippen molar-refractivity contribution in [1.82, 2.24) is 4.90 Å². The van der Waals surface area contributed by atoms with Gasteiger partial charge in [0.15, 0.2) is 11.5 Å². The summed E-state index contributed by atoms with van der Waals surface area (Å²) in [4.78, 5) is 29.1. The van der Waals surface area contributed by atoms with Gasteiger partial charge >= 0.3 is 0 Å². The number of para-hydroxylation sites is 1. The molecule has 1 aliphatic rings. The van der Waals surface area contributed by atoms with E-state index in [4.69, 9.17) is 18.9 Å². The van der Waals surface area contributed by atoms with E-state index in [-0.39, 0.29) is 17.7 Å². The number of likely N-dealkylation sites (tertiary alicyclic amines) is 1. The maximum absolute atomic E-state index is 13.4. The fraction of sp³-hybridized carbons (Fsp3) is 0.231. The van der Waals surface area contributed by atoms with Gasteiger partial charge in [-0.05, 0) is 29.6 Å². The Morgan fingerprint density at radius 2 is 1.51 bits per heavy atom. The van der Waals surface area contributed by atoms with Gasteiger partial charge < -0.3 is 29.0 Å². The number of thiophene rings is 1. The number of carbonyl (C=O) groups excluding carboxylic acids is 2. The Morgan fingerprint density at radius 3 is 2.09 bits per heavy atom. The molecule has 1 atom stereocenters. The number of aliphatic hydroxyl groups excluding tert-OH is 1. The SMILES string of the molecule is COc1cccc(C2/C(=C(\O)c3c(OC)cccc3OC)C(=O)C(=O)N2Cc2cccs2)c1OC. The molecular weight excluding hydrogens is 470 g/mol. The fourth-order valence-electron chi connectivity index (χ4n) is 4.28. The van der Waals surface area contributed by atoms with Crippen LogP contribution in [-0.4, -0.2) is 50.1 Å². The van der Waals surface area contributed by atoms with Crippen LogP contribution in [0.15, 0.2) is 59.5 Å². The van der Waals surface area contributed by atoms with Gasteiger partial charge in [0.1, 0.15) is 22.8 Å². The zero-order valence-electron chi connectivity index (χ0n) is 19.7. The lowest BCUT2D eigenvalue weighted by Gasteiger charge is -2.27. The Hall–Kier alpha value is -3.98. The first kappa shape index (κ1) is 24.2. The Labute approximate surface area is 206 Å². The van der Waals surface area contributed by atoms with E-state index in [1.54, 1.807) is 36.4 Å². The molecule has 1 aromatic heterocycles. The van der Waals surface area contributed by atoms with Crippen LogP contribution in [0.4, 0.5) is 0 Å². The van der Waals surface area contributed by atoms with Gasteiger partial charge in [-0.1, -0.05) is 24.3 Å². The average molecular weight is 496 g/mol. The van der Waals surface area contributed by atoms with Gasteiger partial charge in [-0.25, -0.2) is 0 Å². The molecule has 1 N–H and O–H groups in total. The predicted octanol–water partition coefficient (Wildman–Crippen LogP) is 4.40. The molecule has 35 heavy (non-hydrogen) atoms. The molecular formula is C26H25NO7S. The van der Waals surface area contributed by atoms with Crippen molar-refractivity contribution in [2.75, 3.05) is 28.4 Å². The second-order valence-electron chi connectivity index (χ2n) is 7.63. The van der Waals surface area contributed by atoms with E-state index in [9.17, 15) is 14.7 Å². The van der Waals surface area contributed by atoms with Crippen LogP contribution < -0.4 is 18.9 Å². The summed E-state index contributed by atoms with van der Waals surface area (Å²) in [5, 5.41) is 13.4. The first-order valence-corrected chi connectivity index (χ1v) is 11.6. The standard InChI is InChI=1S/C26H25NO7S/c1-31-17-10-6-11-18(32-2)20(17)23(28)21-22(16-9-5-12-19(33-3)25(16)34-4)27(26(30)24(21)29)14-15-8-7-13-35-15/h5-13,22,28H,14H2,1-4H3/b23-21+. The molecule has 1 aliphatic heterocycles. The summed E-state index contributed by atoms with van der Waals surface area (Å²) < 4.78 is 22.0. The number of ketones is 1. The molecule has 0 bridgehead atoms. The summed E-state index contributed by atoms with van der Waals surface area (Å²) in [6.07, 6.45) is 0. The molecule has 0 aliphatic carbocycles. The summed E-state index contributed by atoms with van der Waals surface area (Å²) in [6.45, 7) is 0.174. The second-order valence-corrected chi connectivity index (χ2v) is 8.66. The van der Waals surface area contributed by atoms with Gasteiger partial charge in [-0.2, -0.15) is 0 Å². The molecule has 1 unspecified atom stereocenters. The molecule has 3 aromatic rings. The zero-order valence-corrected chi connectivity index (χ0v) is 20.5. The normalized spacial score (nSPS) is 16.9. The Balaban J connectivity index is 2.01. The van der Waals surface area contributed by atoms with E-state index < -0.39 is 23.5 Å². The van der Waals surface area contributed by atoms with E-state index in [0.29, 0.717) is 28.6 Å². The average Bonchev–Trinajstić information content (AvgIpc) is 3.49. The quantitative estimate of drug-likeness (QED) is 0.281. The van der Waals surface area contributed by atoms with E-state index in [2.05, 4.69) is 0 Å². The number of hydrogen-bond acceptors (Lipinski definition) is 8. The molecule has 1 saturated heterocycles. The van der Waals surface area contributed by atoms with E-state index >= 15 is 0 Å². The summed E-state index contributed by atoms with van der Waals surface area (Å²) in [5.74, 6) is -0.574. The van der Waals surface area contributed by atoms with Gasteiger partial charge in [0.25, 0.3) is 11.7 Å². The summed E-state index contributed by atoms with van der Waals surface area (Å²) in [7, 11) is 5.88. The second kappa shape index (κ2) is 10.1. The number of rotatable bonds is 8. The molecule has 1 fully saturated rings. The number of Topliss-reactive ketones (excluding diaryl/α,β-unsaturated/α-hetero) is 1. The van der Waals surface area contributed by atoms with Gasteiger partial charge in [-0.3, -0.25) is 9.59 Å². The number of benzene rings is 2. The van der Waals surface area contributed by atoms with Crippen molar-refractivity contribution in [2.24, 2.45) is 0 Å². The third-order valence-electron chi connectivity index (χ3n) is 5.84. The fourth-order valence-corrected chi connectivity index (χ4v) is 4.99. The largest absolute Gasteiger partial charge is 0.506 e.